The van der Waals surface area contributed by atoms with Crippen molar-refractivity contribution in [1.82, 2.24) is 4.31 Å². The lowest BCUT2D eigenvalue weighted by molar-refractivity contribution is 0.244. The highest BCUT2D eigenvalue weighted by molar-refractivity contribution is 7.89. The molecule has 0 radical (unpaired) electrons. The maximum absolute atomic E-state index is 11.8. The molecule has 14 heavy (non-hydrogen) atoms. The van der Waals surface area contributed by atoms with Gasteiger partial charge < -0.3 is 5.11 Å². The van der Waals surface area contributed by atoms with Gasteiger partial charge in [-0.05, 0) is 27.2 Å². The van der Waals surface area contributed by atoms with Crippen molar-refractivity contribution in [3.05, 3.63) is 0 Å². The predicted molar refractivity (Wildman–Crippen MR) is 57.6 cm³/mol. The van der Waals surface area contributed by atoms with E-state index < -0.39 is 20.8 Å². The normalized spacial score (nSPS) is 15.9. The second-order valence-electron chi connectivity index (χ2n) is 4.17. The molecule has 1 unspecified atom stereocenters. The minimum atomic E-state index is -3.38. The molecule has 86 valence electrons. The van der Waals surface area contributed by atoms with Crippen molar-refractivity contribution in [2.24, 2.45) is 0 Å². The second-order valence-corrected chi connectivity index (χ2v) is 6.55. The van der Waals surface area contributed by atoms with Gasteiger partial charge in [-0.2, -0.15) is 4.31 Å². The van der Waals surface area contributed by atoms with E-state index in [4.69, 9.17) is 5.11 Å². The zero-order chi connectivity index (χ0) is 11.6. The summed E-state index contributed by atoms with van der Waals surface area (Å²) in [5.41, 5.74) is -0.401. The van der Waals surface area contributed by atoms with E-state index >= 15 is 0 Å². The highest BCUT2D eigenvalue weighted by Gasteiger charge is 2.34. The summed E-state index contributed by atoms with van der Waals surface area (Å²) >= 11 is 0. The summed E-state index contributed by atoms with van der Waals surface area (Å²) in [7, 11) is -1.81. The Bertz CT molecular complexity index is 272. The number of nitrogens with zero attached hydrogens (tertiary/aromatic N) is 1. The molecule has 0 fully saturated rings. The fourth-order valence-electron chi connectivity index (χ4n) is 0.931. The van der Waals surface area contributed by atoms with Gasteiger partial charge in [-0.25, -0.2) is 8.42 Å². The molecule has 0 saturated heterocycles. The summed E-state index contributed by atoms with van der Waals surface area (Å²) in [5.74, 6) is 0. The Kier molecular flexibility index (Phi) is 4.55. The Morgan fingerprint density at radius 1 is 1.43 bits per heavy atom. The number of aliphatic hydroxyl groups excluding tert-OH is 1. The first-order valence-electron chi connectivity index (χ1n) is 4.78. The second kappa shape index (κ2) is 4.59. The van der Waals surface area contributed by atoms with Crippen molar-refractivity contribution in [3.63, 3.8) is 0 Å². The Morgan fingerprint density at radius 3 is 2.14 bits per heavy atom. The summed E-state index contributed by atoms with van der Waals surface area (Å²) < 4.78 is 25.0. The van der Waals surface area contributed by atoms with Crippen LogP contribution in [0.5, 0.6) is 0 Å². The number of hydrogen-bond acceptors (Lipinski definition) is 3. The molecular weight excluding hydrogens is 202 g/mol. The van der Waals surface area contributed by atoms with Crippen molar-refractivity contribution >= 4 is 10.0 Å². The molecule has 0 aromatic carbocycles. The molecule has 5 heteroatoms. The average molecular weight is 223 g/mol. The van der Waals surface area contributed by atoms with Crippen molar-refractivity contribution in [1.29, 1.82) is 0 Å². The molecular formula is C9H21NO3S. The van der Waals surface area contributed by atoms with Crippen LogP contribution in [0, 0.1) is 0 Å². The van der Waals surface area contributed by atoms with Crippen LogP contribution >= 0.6 is 0 Å². The molecule has 0 aromatic heterocycles. The van der Waals surface area contributed by atoms with Gasteiger partial charge in [0.2, 0.25) is 10.0 Å². The average Bonchev–Trinajstić information content (AvgIpc) is 2.15. The molecule has 0 rings (SSSR count). The minimum Gasteiger partial charge on any atom is -0.395 e. The van der Waals surface area contributed by atoms with Crippen LogP contribution in [0.3, 0.4) is 0 Å². The summed E-state index contributed by atoms with van der Waals surface area (Å²) in [5, 5.41) is 8.11. The van der Waals surface area contributed by atoms with Gasteiger partial charge in [0.25, 0.3) is 0 Å². The Morgan fingerprint density at radius 2 is 1.86 bits per heavy atom. The van der Waals surface area contributed by atoms with Crippen LogP contribution in [-0.2, 0) is 10.0 Å². The third kappa shape index (κ3) is 2.68. The van der Waals surface area contributed by atoms with Gasteiger partial charge in [0.15, 0.2) is 0 Å². The molecule has 1 atom stereocenters. The summed E-state index contributed by atoms with van der Waals surface area (Å²) in [6.07, 6.45) is 0.737. The molecule has 0 bridgehead atoms. The van der Waals surface area contributed by atoms with Gasteiger partial charge in [0.05, 0.1) is 11.9 Å². The predicted octanol–water partition coefficient (Wildman–Crippen LogP) is 0.817. The van der Waals surface area contributed by atoms with Crippen LogP contribution in [0.4, 0.5) is 0 Å². The third-order valence-electron chi connectivity index (χ3n) is 2.86. The smallest absolute Gasteiger partial charge is 0.219 e. The summed E-state index contributed by atoms with van der Waals surface area (Å²) in [6, 6.07) is 0. The van der Waals surface area contributed by atoms with Crippen LogP contribution in [0.1, 0.15) is 34.1 Å². The Labute approximate surface area is 87.0 Å². The van der Waals surface area contributed by atoms with Crippen molar-refractivity contribution in [2.75, 3.05) is 13.7 Å². The van der Waals surface area contributed by atoms with E-state index in [0.717, 1.165) is 6.42 Å². The lowest BCUT2D eigenvalue weighted by Gasteiger charge is -2.35. The molecule has 0 saturated carbocycles. The lowest BCUT2D eigenvalue weighted by atomic mass is 10.0. The quantitative estimate of drug-likeness (QED) is 0.750. The van der Waals surface area contributed by atoms with Gasteiger partial charge in [-0.3, -0.25) is 0 Å². The summed E-state index contributed by atoms with van der Waals surface area (Å²) in [6.45, 7) is 6.85. The van der Waals surface area contributed by atoms with Crippen LogP contribution < -0.4 is 0 Å². The van der Waals surface area contributed by atoms with E-state index in [9.17, 15) is 8.42 Å². The maximum Gasteiger partial charge on any atom is 0.219 e. The van der Waals surface area contributed by atoms with E-state index in [1.807, 2.05) is 20.8 Å². The van der Waals surface area contributed by atoms with Crippen LogP contribution in [0.2, 0.25) is 0 Å². The highest BCUT2D eigenvalue weighted by Crippen LogP contribution is 2.22. The van der Waals surface area contributed by atoms with Crippen molar-refractivity contribution in [2.45, 2.75) is 44.9 Å². The van der Waals surface area contributed by atoms with Crippen LogP contribution in [0.25, 0.3) is 0 Å². The standard InChI is InChI=1S/C9H21NO3S/c1-6-9(3,4)10(5)14(12,13)8(2)7-11/h8,11H,6-7H2,1-5H3. The molecule has 0 aliphatic rings. The first-order chi connectivity index (χ1) is 6.20. The molecule has 0 aliphatic carbocycles. The SMILES string of the molecule is CCC(C)(C)N(C)S(=O)(=O)C(C)CO. The topological polar surface area (TPSA) is 57.6 Å². The van der Waals surface area contributed by atoms with Crippen molar-refractivity contribution in [3.8, 4) is 0 Å². The molecule has 0 amide bonds. The molecule has 4 nitrogen and oxygen atoms in total. The summed E-state index contributed by atoms with van der Waals surface area (Å²) in [4.78, 5) is 0. The largest absolute Gasteiger partial charge is 0.395 e. The van der Waals surface area contributed by atoms with Gasteiger partial charge >= 0.3 is 0 Å². The number of rotatable bonds is 5. The Hall–Kier alpha value is -0.130. The monoisotopic (exact) mass is 223 g/mol. The molecule has 0 aliphatic heterocycles. The molecule has 0 spiro atoms. The number of aliphatic hydroxyl groups is 1. The zero-order valence-electron chi connectivity index (χ0n) is 9.61. The van der Waals surface area contributed by atoms with Gasteiger partial charge in [-0.1, -0.05) is 6.92 Å². The first-order valence-corrected chi connectivity index (χ1v) is 6.29. The fourth-order valence-corrected chi connectivity index (χ4v) is 2.48. The first kappa shape index (κ1) is 13.9. The zero-order valence-corrected chi connectivity index (χ0v) is 10.4. The molecule has 0 aromatic rings. The van der Waals surface area contributed by atoms with Gasteiger partial charge in [-0.15, -0.1) is 0 Å². The van der Waals surface area contributed by atoms with E-state index in [1.54, 1.807) is 7.05 Å². The van der Waals surface area contributed by atoms with E-state index in [1.165, 1.54) is 11.2 Å². The highest BCUT2D eigenvalue weighted by atomic mass is 32.2. The van der Waals surface area contributed by atoms with E-state index in [0.29, 0.717) is 0 Å². The molecule has 0 heterocycles. The van der Waals surface area contributed by atoms with Gasteiger partial charge in [0, 0.05) is 12.6 Å². The molecule has 1 N–H and O–H groups in total. The van der Waals surface area contributed by atoms with E-state index in [2.05, 4.69) is 0 Å². The maximum atomic E-state index is 11.8. The number of sulfonamides is 1. The third-order valence-corrected chi connectivity index (χ3v) is 5.29. The van der Waals surface area contributed by atoms with Gasteiger partial charge in [0.1, 0.15) is 0 Å². The van der Waals surface area contributed by atoms with Crippen molar-refractivity contribution < 1.29 is 13.5 Å². The van der Waals surface area contributed by atoms with Crippen LogP contribution in [0.15, 0.2) is 0 Å². The fraction of sp³-hybridized carbons (Fsp3) is 1.00. The minimum absolute atomic E-state index is 0.341. The lowest BCUT2D eigenvalue weighted by Crippen LogP contribution is -2.48. The van der Waals surface area contributed by atoms with E-state index in [-0.39, 0.29) is 6.61 Å². The van der Waals surface area contributed by atoms with Crippen LogP contribution in [-0.4, -0.2) is 42.3 Å². The Balaban J connectivity index is 4.94. The number of hydrogen-bond donors (Lipinski definition) is 1.